The van der Waals surface area contributed by atoms with Gasteiger partial charge >= 0.3 is 0 Å². The Morgan fingerprint density at radius 2 is 1.81 bits per heavy atom. The molecule has 1 aromatic carbocycles. The van der Waals surface area contributed by atoms with E-state index in [2.05, 4.69) is 0 Å². The first-order chi connectivity index (χ1) is 9.95. The van der Waals surface area contributed by atoms with Crippen LogP contribution in [0.2, 0.25) is 0 Å². The third-order valence-electron chi connectivity index (χ3n) is 3.58. The fourth-order valence-corrected chi connectivity index (χ4v) is 3.97. The number of amides is 1. The molecule has 7 heteroatoms. The Morgan fingerprint density at radius 1 is 1.14 bits per heavy atom. The van der Waals surface area contributed by atoms with E-state index in [4.69, 9.17) is 11.6 Å². The van der Waals surface area contributed by atoms with E-state index < -0.39 is 10.0 Å². The van der Waals surface area contributed by atoms with Crippen LogP contribution in [0.15, 0.2) is 29.2 Å². The summed E-state index contributed by atoms with van der Waals surface area (Å²) in [5.41, 5.74) is 1.02. The summed E-state index contributed by atoms with van der Waals surface area (Å²) in [6.07, 6.45) is 0.619. The molecule has 1 aliphatic heterocycles. The van der Waals surface area contributed by atoms with Crippen LogP contribution in [-0.4, -0.2) is 55.6 Å². The Kier molecular flexibility index (Phi) is 5.24. The highest BCUT2D eigenvalue weighted by Gasteiger charge is 2.27. The molecule has 0 radical (unpaired) electrons. The SMILES string of the molecule is Cc1ccc(S(=O)(=O)N2CCCN(C(=O)CCl)CC2)cc1. The molecule has 0 saturated carbocycles. The van der Waals surface area contributed by atoms with Gasteiger partial charge in [-0.05, 0) is 25.5 Å². The highest BCUT2D eigenvalue weighted by atomic mass is 35.5. The van der Waals surface area contributed by atoms with Crippen LogP contribution in [0, 0.1) is 6.92 Å². The van der Waals surface area contributed by atoms with Crippen LogP contribution in [0.4, 0.5) is 0 Å². The van der Waals surface area contributed by atoms with E-state index in [1.165, 1.54) is 4.31 Å². The van der Waals surface area contributed by atoms with Crippen LogP contribution in [-0.2, 0) is 14.8 Å². The van der Waals surface area contributed by atoms with E-state index in [-0.39, 0.29) is 11.8 Å². The third-order valence-corrected chi connectivity index (χ3v) is 5.72. The summed E-state index contributed by atoms with van der Waals surface area (Å²) in [7, 11) is -3.50. The van der Waals surface area contributed by atoms with Crippen LogP contribution in [0.1, 0.15) is 12.0 Å². The molecule has 0 atom stereocenters. The zero-order valence-electron chi connectivity index (χ0n) is 12.0. The van der Waals surface area contributed by atoms with Gasteiger partial charge in [0, 0.05) is 26.2 Å². The van der Waals surface area contributed by atoms with Gasteiger partial charge in [0.25, 0.3) is 0 Å². The van der Waals surface area contributed by atoms with Crippen molar-refractivity contribution in [2.75, 3.05) is 32.1 Å². The Balaban J connectivity index is 2.14. The summed E-state index contributed by atoms with van der Waals surface area (Å²) in [6, 6.07) is 6.82. The Labute approximate surface area is 130 Å². The lowest BCUT2D eigenvalue weighted by Crippen LogP contribution is -2.37. The number of carbonyl (C=O) groups excluding carboxylic acids is 1. The largest absolute Gasteiger partial charge is 0.340 e. The number of rotatable bonds is 3. The lowest BCUT2D eigenvalue weighted by molar-refractivity contribution is -0.128. The van der Waals surface area contributed by atoms with Gasteiger partial charge in [-0.1, -0.05) is 17.7 Å². The molecule has 0 unspecified atom stereocenters. The van der Waals surface area contributed by atoms with E-state index in [0.29, 0.717) is 37.5 Å². The van der Waals surface area contributed by atoms with Gasteiger partial charge in [0.05, 0.1) is 4.90 Å². The molecule has 1 fully saturated rings. The lowest BCUT2D eigenvalue weighted by atomic mass is 10.2. The fraction of sp³-hybridized carbons (Fsp3) is 0.500. The predicted molar refractivity (Wildman–Crippen MR) is 81.9 cm³/mol. The van der Waals surface area contributed by atoms with Gasteiger partial charge in [-0.3, -0.25) is 4.79 Å². The van der Waals surface area contributed by atoms with E-state index in [1.807, 2.05) is 6.92 Å². The van der Waals surface area contributed by atoms with Crippen LogP contribution >= 0.6 is 11.6 Å². The number of hydrogen-bond acceptors (Lipinski definition) is 3. The van der Waals surface area contributed by atoms with Crippen molar-refractivity contribution in [1.82, 2.24) is 9.21 Å². The molecule has 1 aliphatic rings. The van der Waals surface area contributed by atoms with Gasteiger partial charge in [-0.25, -0.2) is 8.42 Å². The molecule has 1 saturated heterocycles. The van der Waals surface area contributed by atoms with E-state index in [9.17, 15) is 13.2 Å². The number of sulfonamides is 1. The summed E-state index contributed by atoms with van der Waals surface area (Å²) >= 11 is 5.55. The number of carbonyl (C=O) groups is 1. The zero-order chi connectivity index (χ0) is 15.5. The van der Waals surface area contributed by atoms with Crippen LogP contribution in [0.3, 0.4) is 0 Å². The highest BCUT2D eigenvalue weighted by molar-refractivity contribution is 7.89. The Hall–Kier alpha value is -1.11. The standard InChI is InChI=1S/C14H19ClN2O3S/c1-12-3-5-13(6-4-12)21(19,20)17-8-2-7-16(9-10-17)14(18)11-15/h3-6H,2,7-11H2,1H3. The predicted octanol–water partition coefficient (Wildman–Crippen LogP) is 1.46. The maximum absolute atomic E-state index is 12.6. The number of halogens is 1. The number of hydrogen-bond donors (Lipinski definition) is 0. The Bertz CT molecular complexity index is 601. The monoisotopic (exact) mass is 330 g/mol. The second-order valence-corrected chi connectivity index (χ2v) is 7.29. The molecule has 1 aromatic rings. The van der Waals surface area contributed by atoms with Crippen molar-refractivity contribution in [3.63, 3.8) is 0 Å². The molecule has 5 nitrogen and oxygen atoms in total. The Morgan fingerprint density at radius 3 is 2.43 bits per heavy atom. The molecule has 0 spiro atoms. The van der Waals surface area contributed by atoms with Crippen molar-refractivity contribution < 1.29 is 13.2 Å². The van der Waals surface area contributed by atoms with Crippen molar-refractivity contribution in [2.45, 2.75) is 18.2 Å². The number of aryl methyl sites for hydroxylation is 1. The van der Waals surface area contributed by atoms with E-state index in [0.717, 1.165) is 5.56 Å². The lowest BCUT2D eigenvalue weighted by Gasteiger charge is -2.21. The number of nitrogens with zero attached hydrogens (tertiary/aromatic N) is 2. The fourth-order valence-electron chi connectivity index (χ4n) is 2.33. The third kappa shape index (κ3) is 3.75. The molecule has 0 bridgehead atoms. The van der Waals surface area contributed by atoms with Crippen LogP contribution in [0.5, 0.6) is 0 Å². The molecular formula is C14H19ClN2O3S. The first-order valence-electron chi connectivity index (χ1n) is 6.85. The van der Waals surface area contributed by atoms with Gasteiger partial charge in [-0.2, -0.15) is 4.31 Å². The second kappa shape index (κ2) is 6.77. The summed E-state index contributed by atoms with van der Waals surface area (Å²) in [4.78, 5) is 13.5. The summed E-state index contributed by atoms with van der Waals surface area (Å²) in [6.45, 7) is 3.57. The van der Waals surface area contributed by atoms with Gasteiger partial charge in [0.2, 0.25) is 15.9 Å². The maximum atomic E-state index is 12.6. The van der Waals surface area contributed by atoms with Crippen molar-refractivity contribution in [2.24, 2.45) is 0 Å². The van der Waals surface area contributed by atoms with Gasteiger partial charge < -0.3 is 4.90 Å². The van der Waals surface area contributed by atoms with E-state index >= 15 is 0 Å². The molecule has 1 heterocycles. The highest BCUT2D eigenvalue weighted by Crippen LogP contribution is 2.18. The van der Waals surface area contributed by atoms with Gasteiger partial charge in [0.1, 0.15) is 5.88 Å². The molecule has 0 aromatic heterocycles. The summed E-state index contributed by atoms with van der Waals surface area (Å²) < 4.78 is 26.6. The zero-order valence-corrected chi connectivity index (χ0v) is 13.5. The first kappa shape index (κ1) is 16.3. The molecular weight excluding hydrogens is 312 g/mol. The second-order valence-electron chi connectivity index (χ2n) is 5.09. The number of benzene rings is 1. The minimum atomic E-state index is -3.50. The smallest absolute Gasteiger partial charge is 0.243 e. The van der Waals surface area contributed by atoms with Crippen molar-refractivity contribution in [3.05, 3.63) is 29.8 Å². The average molecular weight is 331 g/mol. The van der Waals surface area contributed by atoms with Gasteiger partial charge in [0.15, 0.2) is 0 Å². The first-order valence-corrected chi connectivity index (χ1v) is 8.83. The van der Waals surface area contributed by atoms with Gasteiger partial charge in [-0.15, -0.1) is 11.6 Å². The minimum Gasteiger partial charge on any atom is -0.340 e. The van der Waals surface area contributed by atoms with E-state index in [1.54, 1.807) is 29.2 Å². The van der Waals surface area contributed by atoms with Crippen molar-refractivity contribution in [3.8, 4) is 0 Å². The normalized spacial score (nSPS) is 17.5. The minimum absolute atomic E-state index is 0.0648. The van der Waals surface area contributed by atoms with Crippen LogP contribution < -0.4 is 0 Å². The maximum Gasteiger partial charge on any atom is 0.243 e. The van der Waals surface area contributed by atoms with Crippen molar-refractivity contribution >= 4 is 27.5 Å². The quantitative estimate of drug-likeness (QED) is 0.788. The molecule has 1 amide bonds. The molecule has 116 valence electrons. The van der Waals surface area contributed by atoms with Crippen molar-refractivity contribution in [1.29, 1.82) is 0 Å². The molecule has 21 heavy (non-hydrogen) atoms. The number of alkyl halides is 1. The molecule has 0 N–H and O–H groups in total. The topological polar surface area (TPSA) is 57.7 Å². The summed E-state index contributed by atoms with van der Waals surface area (Å²) in [5, 5.41) is 0. The average Bonchev–Trinajstić information content (AvgIpc) is 2.73. The summed E-state index contributed by atoms with van der Waals surface area (Å²) in [5.74, 6) is -0.212. The van der Waals surface area contributed by atoms with Crippen LogP contribution in [0.25, 0.3) is 0 Å². The molecule has 2 rings (SSSR count). The molecule has 0 aliphatic carbocycles.